The number of sulfonamides is 1. The highest BCUT2D eigenvalue weighted by molar-refractivity contribution is 7.89. The molecule has 154 valence electrons. The number of nitro groups is 1. The summed E-state index contributed by atoms with van der Waals surface area (Å²) in [5.41, 5.74) is 1.29. The summed E-state index contributed by atoms with van der Waals surface area (Å²) in [6.45, 7) is 1.61. The fraction of sp³-hybridized carbons (Fsp3) is 0.450. The Morgan fingerprint density at radius 3 is 2.55 bits per heavy atom. The van der Waals surface area contributed by atoms with E-state index in [1.165, 1.54) is 16.4 Å². The molecule has 1 aromatic heterocycles. The Kier molecular flexibility index (Phi) is 5.51. The lowest BCUT2D eigenvalue weighted by molar-refractivity contribution is -0.384. The van der Waals surface area contributed by atoms with Crippen molar-refractivity contribution in [3.63, 3.8) is 0 Å². The Bertz CT molecular complexity index is 991. The molecule has 2 fully saturated rings. The number of pyridine rings is 1. The van der Waals surface area contributed by atoms with Gasteiger partial charge in [-0.25, -0.2) is 8.42 Å². The number of benzene rings is 1. The van der Waals surface area contributed by atoms with Crippen molar-refractivity contribution in [2.75, 3.05) is 24.5 Å². The summed E-state index contributed by atoms with van der Waals surface area (Å²) < 4.78 is 27.4. The number of hydrogen-bond donors (Lipinski definition) is 0. The number of anilines is 1. The number of aromatic nitrogens is 1. The molecule has 0 bridgehead atoms. The minimum atomic E-state index is -3.72. The zero-order chi connectivity index (χ0) is 20.4. The number of nitro benzene ring substituents is 1. The molecule has 3 heterocycles. The molecule has 29 heavy (non-hydrogen) atoms. The van der Waals surface area contributed by atoms with Crippen molar-refractivity contribution in [2.45, 2.75) is 43.0 Å². The molecule has 0 amide bonds. The maximum Gasteiger partial charge on any atom is 0.293 e. The van der Waals surface area contributed by atoms with Crippen LogP contribution in [0.2, 0.25) is 0 Å². The smallest absolute Gasteiger partial charge is 0.293 e. The van der Waals surface area contributed by atoms with Crippen LogP contribution in [-0.2, 0) is 10.0 Å². The molecule has 2 aliphatic heterocycles. The van der Waals surface area contributed by atoms with Crippen LogP contribution >= 0.6 is 0 Å². The first kappa shape index (κ1) is 19.8. The molecule has 1 aromatic carbocycles. The lowest BCUT2D eigenvalue weighted by Gasteiger charge is -2.28. The second-order valence-electron chi connectivity index (χ2n) is 7.51. The van der Waals surface area contributed by atoms with Crippen LogP contribution in [0.5, 0.6) is 0 Å². The van der Waals surface area contributed by atoms with Crippen molar-refractivity contribution >= 4 is 21.4 Å². The van der Waals surface area contributed by atoms with Crippen LogP contribution in [-0.4, -0.2) is 42.3 Å². The largest absolute Gasteiger partial charge is 0.359 e. The predicted octanol–water partition coefficient (Wildman–Crippen LogP) is 3.51. The second-order valence-corrected chi connectivity index (χ2v) is 9.45. The van der Waals surface area contributed by atoms with Crippen LogP contribution in [0, 0.1) is 10.1 Å². The third-order valence-corrected chi connectivity index (χ3v) is 7.62. The highest BCUT2D eigenvalue weighted by Crippen LogP contribution is 2.41. The van der Waals surface area contributed by atoms with Gasteiger partial charge in [0.1, 0.15) is 5.69 Å². The van der Waals surface area contributed by atoms with Gasteiger partial charge in [0.2, 0.25) is 10.0 Å². The Labute approximate surface area is 170 Å². The third-order valence-electron chi connectivity index (χ3n) is 5.73. The quantitative estimate of drug-likeness (QED) is 0.547. The van der Waals surface area contributed by atoms with Crippen LogP contribution in [0.4, 0.5) is 11.4 Å². The van der Waals surface area contributed by atoms with Gasteiger partial charge in [-0.2, -0.15) is 4.31 Å². The van der Waals surface area contributed by atoms with E-state index in [4.69, 9.17) is 0 Å². The van der Waals surface area contributed by atoms with Gasteiger partial charge >= 0.3 is 0 Å². The summed E-state index contributed by atoms with van der Waals surface area (Å²) in [6.07, 6.45) is 7.91. The number of piperidine rings is 1. The predicted molar refractivity (Wildman–Crippen MR) is 109 cm³/mol. The molecule has 2 saturated heterocycles. The molecule has 4 rings (SSSR count). The number of nitrogens with zero attached hydrogens (tertiary/aromatic N) is 4. The number of rotatable bonds is 5. The van der Waals surface area contributed by atoms with Crippen molar-refractivity contribution in [3.8, 4) is 0 Å². The Morgan fingerprint density at radius 2 is 1.86 bits per heavy atom. The van der Waals surface area contributed by atoms with Gasteiger partial charge in [0.15, 0.2) is 0 Å². The van der Waals surface area contributed by atoms with Crippen LogP contribution in [0.1, 0.15) is 43.7 Å². The Hall–Kier alpha value is -2.52. The van der Waals surface area contributed by atoms with Crippen LogP contribution in [0.15, 0.2) is 47.6 Å². The summed E-state index contributed by atoms with van der Waals surface area (Å²) in [6, 6.07) is 8.13. The average molecular weight is 417 g/mol. The molecular weight excluding hydrogens is 392 g/mol. The minimum Gasteiger partial charge on any atom is -0.359 e. The van der Waals surface area contributed by atoms with E-state index in [9.17, 15) is 18.5 Å². The zero-order valence-corrected chi connectivity index (χ0v) is 16.9. The van der Waals surface area contributed by atoms with Gasteiger partial charge in [-0.1, -0.05) is 12.5 Å². The van der Waals surface area contributed by atoms with Crippen LogP contribution in [0.25, 0.3) is 0 Å². The summed E-state index contributed by atoms with van der Waals surface area (Å²) in [4.78, 5) is 17.5. The van der Waals surface area contributed by atoms with Gasteiger partial charge in [0.25, 0.3) is 5.69 Å². The van der Waals surface area contributed by atoms with E-state index in [0.717, 1.165) is 37.7 Å². The average Bonchev–Trinajstić information content (AvgIpc) is 3.24. The molecule has 0 radical (unpaired) electrons. The van der Waals surface area contributed by atoms with Crippen LogP contribution < -0.4 is 4.90 Å². The monoisotopic (exact) mass is 416 g/mol. The van der Waals surface area contributed by atoms with E-state index < -0.39 is 14.9 Å². The van der Waals surface area contributed by atoms with Gasteiger partial charge in [0, 0.05) is 38.1 Å². The maximum atomic E-state index is 13.0. The number of hydrogen-bond acceptors (Lipinski definition) is 6. The van der Waals surface area contributed by atoms with E-state index in [1.807, 2.05) is 17.0 Å². The zero-order valence-electron chi connectivity index (χ0n) is 16.1. The van der Waals surface area contributed by atoms with E-state index >= 15 is 0 Å². The summed E-state index contributed by atoms with van der Waals surface area (Å²) in [5.74, 6) is 0. The van der Waals surface area contributed by atoms with Crippen molar-refractivity contribution in [1.29, 1.82) is 0 Å². The summed E-state index contributed by atoms with van der Waals surface area (Å²) in [5, 5.41) is 11.8. The molecule has 0 N–H and O–H groups in total. The third kappa shape index (κ3) is 3.84. The van der Waals surface area contributed by atoms with Crippen molar-refractivity contribution in [2.24, 2.45) is 0 Å². The van der Waals surface area contributed by atoms with Crippen molar-refractivity contribution < 1.29 is 13.3 Å². The van der Waals surface area contributed by atoms with Gasteiger partial charge in [-0.15, -0.1) is 0 Å². The van der Waals surface area contributed by atoms with Crippen molar-refractivity contribution in [3.05, 3.63) is 58.4 Å². The molecule has 1 unspecified atom stereocenters. The SMILES string of the molecule is O=[N+]([O-])c1cc(S(=O)(=O)N2CCCCC2)ccc1N1CCCC1c1cccnc1. The van der Waals surface area contributed by atoms with Gasteiger partial charge in [-0.05, 0) is 49.4 Å². The molecule has 1 atom stereocenters. The minimum absolute atomic E-state index is 0.00743. The Morgan fingerprint density at radius 1 is 1.07 bits per heavy atom. The molecule has 8 nitrogen and oxygen atoms in total. The fourth-order valence-electron chi connectivity index (χ4n) is 4.28. The van der Waals surface area contributed by atoms with Gasteiger partial charge < -0.3 is 4.90 Å². The molecule has 0 spiro atoms. The lowest BCUT2D eigenvalue weighted by atomic mass is 10.1. The first-order chi connectivity index (χ1) is 14.0. The fourth-order valence-corrected chi connectivity index (χ4v) is 5.82. The lowest BCUT2D eigenvalue weighted by Crippen LogP contribution is -2.35. The molecule has 2 aliphatic rings. The molecular formula is C20H24N4O4S. The second kappa shape index (κ2) is 8.08. The van der Waals surface area contributed by atoms with E-state index in [-0.39, 0.29) is 16.6 Å². The van der Waals surface area contributed by atoms with E-state index in [2.05, 4.69) is 4.98 Å². The summed E-state index contributed by atoms with van der Waals surface area (Å²) >= 11 is 0. The van der Waals surface area contributed by atoms with Gasteiger partial charge in [-0.3, -0.25) is 15.1 Å². The first-order valence-corrected chi connectivity index (χ1v) is 11.4. The van der Waals surface area contributed by atoms with Crippen LogP contribution in [0.3, 0.4) is 0 Å². The highest BCUT2D eigenvalue weighted by Gasteiger charge is 2.33. The molecule has 2 aromatic rings. The molecule has 0 aliphatic carbocycles. The van der Waals surface area contributed by atoms with Gasteiger partial charge in [0.05, 0.1) is 15.9 Å². The topological polar surface area (TPSA) is 96.6 Å². The first-order valence-electron chi connectivity index (χ1n) is 9.93. The Balaban J connectivity index is 1.71. The standard InChI is InChI=1S/C20H24N4O4S/c25-24(26)20-14-17(29(27,28)22-11-2-1-3-12-22)8-9-19(20)23-13-5-7-18(23)16-6-4-10-21-15-16/h4,6,8-10,14-15,18H,1-3,5,7,11-13H2. The van der Waals surface area contributed by atoms with Crippen molar-refractivity contribution in [1.82, 2.24) is 9.29 Å². The highest BCUT2D eigenvalue weighted by atomic mass is 32.2. The maximum absolute atomic E-state index is 13.0. The normalized spacial score (nSPS) is 20.7. The van der Waals surface area contributed by atoms with E-state index in [1.54, 1.807) is 18.5 Å². The molecule has 9 heteroatoms. The molecule has 0 saturated carbocycles. The summed E-state index contributed by atoms with van der Waals surface area (Å²) in [7, 11) is -3.72. The van der Waals surface area contributed by atoms with E-state index in [0.29, 0.717) is 25.3 Å².